The lowest BCUT2D eigenvalue weighted by Gasteiger charge is -2.32. The maximum Gasteiger partial charge on any atom is 0.264 e. The Morgan fingerprint density at radius 2 is 1.62 bits per heavy atom. The Morgan fingerprint density at radius 3 is 2.19 bits per heavy atom. The normalized spacial score (nSPS) is 12.1. The summed E-state index contributed by atoms with van der Waals surface area (Å²) < 4.78 is 35.1. The van der Waals surface area contributed by atoms with Crippen LogP contribution in [0.25, 0.3) is 0 Å². The molecular formula is C30H34BrCl2N3O5S. The fourth-order valence-corrected chi connectivity index (χ4v) is 6.15. The summed E-state index contributed by atoms with van der Waals surface area (Å²) in [5.41, 5.74) is 0.817. The molecule has 0 heterocycles. The maximum absolute atomic E-state index is 14.0. The summed E-state index contributed by atoms with van der Waals surface area (Å²) in [5, 5.41) is 3.60. The van der Waals surface area contributed by atoms with Crippen molar-refractivity contribution in [2.24, 2.45) is 5.92 Å². The molecule has 1 unspecified atom stereocenters. The zero-order valence-electron chi connectivity index (χ0n) is 23.8. The molecule has 0 fully saturated rings. The first kappa shape index (κ1) is 33.7. The van der Waals surface area contributed by atoms with Crippen molar-refractivity contribution < 1.29 is 22.7 Å². The molecule has 0 radical (unpaired) electrons. The van der Waals surface area contributed by atoms with E-state index in [0.717, 1.165) is 4.31 Å². The van der Waals surface area contributed by atoms with Crippen molar-refractivity contribution in [2.75, 3.05) is 24.0 Å². The monoisotopic (exact) mass is 697 g/mol. The van der Waals surface area contributed by atoms with Crippen LogP contribution in [0.4, 0.5) is 5.69 Å². The molecule has 2 amide bonds. The van der Waals surface area contributed by atoms with E-state index in [9.17, 15) is 18.0 Å². The van der Waals surface area contributed by atoms with Crippen LogP contribution in [-0.2, 0) is 26.2 Å². The van der Waals surface area contributed by atoms with Crippen LogP contribution < -0.4 is 14.4 Å². The van der Waals surface area contributed by atoms with Gasteiger partial charge in [-0.15, -0.1) is 0 Å². The molecule has 0 spiro atoms. The van der Waals surface area contributed by atoms with Crippen molar-refractivity contribution in [3.8, 4) is 5.75 Å². The molecule has 0 saturated carbocycles. The molecule has 0 aliphatic carbocycles. The van der Waals surface area contributed by atoms with Crippen molar-refractivity contribution in [3.05, 3.63) is 86.8 Å². The van der Waals surface area contributed by atoms with Gasteiger partial charge in [0.1, 0.15) is 18.3 Å². The lowest BCUT2D eigenvalue weighted by Crippen LogP contribution is -2.51. The number of carbonyl (C=O) groups is 2. The van der Waals surface area contributed by atoms with Crippen molar-refractivity contribution in [2.45, 2.75) is 45.2 Å². The fraction of sp³-hybridized carbons (Fsp3) is 0.333. The minimum atomic E-state index is -4.20. The number of hydrogen-bond acceptors (Lipinski definition) is 5. The van der Waals surface area contributed by atoms with Gasteiger partial charge >= 0.3 is 0 Å². The summed E-state index contributed by atoms with van der Waals surface area (Å²) in [4.78, 5) is 28.5. The third-order valence-corrected chi connectivity index (χ3v) is 9.23. The van der Waals surface area contributed by atoms with Crippen molar-refractivity contribution in [3.63, 3.8) is 0 Å². The molecule has 1 atom stereocenters. The molecular weight excluding hydrogens is 665 g/mol. The predicted molar refractivity (Wildman–Crippen MR) is 171 cm³/mol. The third-order valence-electron chi connectivity index (χ3n) is 6.32. The largest absolute Gasteiger partial charge is 0.494 e. The van der Waals surface area contributed by atoms with E-state index in [0.29, 0.717) is 39.0 Å². The Morgan fingerprint density at radius 1 is 0.976 bits per heavy atom. The van der Waals surface area contributed by atoms with E-state index in [1.54, 1.807) is 61.5 Å². The van der Waals surface area contributed by atoms with E-state index in [2.05, 4.69) is 21.2 Å². The molecule has 3 aromatic rings. The van der Waals surface area contributed by atoms with Gasteiger partial charge in [0.25, 0.3) is 10.0 Å². The van der Waals surface area contributed by atoms with Gasteiger partial charge < -0.3 is 15.0 Å². The number of amides is 2. The molecule has 0 aliphatic heterocycles. The van der Waals surface area contributed by atoms with Gasteiger partial charge in [-0.05, 0) is 86.0 Å². The van der Waals surface area contributed by atoms with E-state index in [4.69, 9.17) is 27.9 Å². The molecule has 3 rings (SSSR count). The lowest BCUT2D eigenvalue weighted by atomic mass is 10.1. The van der Waals surface area contributed by atoms with Crippen LogP contribution >= 0.6 is 39.1 Å². The Hall–Kier alpha value is -2.79. The van der Waals surface area contributed by atoms with Crippen LogP contribution in [0.3, 0.4) is 0 Å². The second-order valence-electron chi connectivity index (χ2n) is 9.96. The van der Waals surface area contributed by atoms with E-state index in [1.807, 2.05) is 20.8 Å². The van der Waals surface area contributed by atoms with Crippen molar-refractivity contribution >= 4 is 66.7 Å². The molecule has 42 heavy (non-hydrogen) atoms. The van der Waals surface area contributed by atoms with Crippen LogP contribution in [-0.4, -0.2) is 50.9 Å². The molecule has 0 bridgehead atoms. The summed E-state index contributed by atoms with van der Waals surface area (Å²) in [7, 11) is -4.20. The third kappa shape index (κ3) is 8.86. The summed E-state index contributed by atoms with van der Waals surface area (Å²) in [6.45, 7) is 7.62. The molecule has 8 nitrogen and oxygen atoms in total. The second-order valence-corrected chi connectivity index (χ2v) is 13.6. The Bertz CT molecular complexity index is 1490. The van der Waals surface area contributed by atoms with Gasteiger partial charge in [0, 0.05) is 27.6 Å². The number of hydrogen-bond donors (Lipinski definition) is 1. The van der Waals surface area contributed by atoms with E-state index < -0.39 is 28.5 Å². The number of benzene rings is 3. The summed E-state index contributed by atoms with van der Waals surface area (Å²) >= 11 is 15.8. The second kappa shape index (κ2) is 15.1. The quantitative estimate of drug-likeness (QED) is 0.219. The van der Waals surface area contributed by atoms with Crippen LogP contribution in [0, 0.1) is 5.92 Å². The van der Waals surface area contributed by atoms with Crippen molar-refractivity contribution in [1.82, 2.24) is 10.2 Å². The highest BCUT2D eigenvalue weighted by molar-refractivity contribution is 9.10. The number of nitrogens with one attached hydrogen (secondary N) is 1. The molecule has 12 heteroatoms. The zero-order valence-corrected chi connectivity index (χ0v) is 27.7. The number of anilines is 1. The number of ether oxygens (including phenoxy) is 1. The van der Waals surface area contributed by atoms with Crippen LogP contribution in [0.2, 0.25) is 10.0 Å². The summed E-state index contributed by atoms with van der Waals surface area (Å²) in [6.07, 6.45) is 0. The summed E-state index contributed by atoms with van der Waals surface area (Å²) in [6, 6.07) is 16.5. The van der Waals surface area contributed by atoms with Gasteiger partial charge in [-0.1, -0.05) is 59.0 Å². The van der Waals surface area contributed by atoms with Crippen LogP contribution in [0.15, 0.2) is 76.1 Å². The molecule has 226 valence electrons. The SMILES string of the molecule is CCOc1ccc(N(CC(=O)N(Cc2ccc(Cl)cc2Cl)C(C)C(=O)NCC(C)C)S(=O)(=O)c2ccc(Br)cc2)cc1. The predicted octanol–water partition coefficient (Wildman–Crippen LogP) is 6.54. The highest BCUT2D eigenvalue weighted by atomic mass is 79.9. The first-order chi connectivity index (χ1) is 19.8. The summed E-state index contributed by atoms with van der Waals surface area (Å²) in [5.74, 6) is -0.210. The molecule has 1 N–H and O–H groups in total. The molecule has 3 aromatic carbocycles. The van der Waals surface area contributed by atoms with Gasteiger partial charge in [-0.25, -0.2) is 8.42 Å². The molecule has 0 aromatic heterocycles. The van der Waals surface area contributed by atoms with Gasteiger partial charge in [0.05, 0.1) is 17.2 Å². The maximum atomic E-state index is 14.0. The minimum Gasteiger partial charge on any atom is -0.494 e. The van der Waals surface area contributed by atoms with Crippen LogP contribution in [0.5, 0.6) is 5.75 Å². The number of halogens is 3. The first-order valence-corrected chi connectivity index (χ1v) is 16.3. The number of nitrogens with zero attached hydrogens (tertiary/aromatic N) is 2. The molecule has 0 aliphatic rings. The Kier molecular flexibility index (Phi) is 12.1. The van der Waals surface area contributed by atoms with Gasteiger partial charge in [-0.2, -0.15) is 0 Å². The topological polar surface area (TPSA) is 96.0 Å². The average Bonchev–Trinajstić information content (AvgIpc) is 2.94. The lowest BCUT2D eigenvalue weighted by molar-refractivity contribution is -0.139. The molecule has 0 saturated heterocycles. The average molecular weight is 699 g/mol. The van der Waals surface area contributed by atoms with Gasteiger partial charge in [-0.3, -0.25) is 13.9 Å². The van der Waals surface area contributed by atoms with Gasteiger partial charge in [0.15, 0.2) is 0 Å². The smallest absolute Gasteiger partial charge is 0.264 e. The minimum absolute atomic E-state index is 0.00223. The van der Waals surface area contributed by atoms with Gasteiger partial charge in [0.2, 0.25) is 11.8 Å². The zero-order chi connectivity index (χ0) is 31.0. The number of carbonyl (C=O) groups excluding carboxylic acids is 2. The highest BCUT2D eigenvalue weighted by Gasteiger charge is 2.33. The highest BCUT2D eigenvalue weighted by Crippen LogP contribution is 2.28. The van der Waals surface area contributed by atoms with E-state index >= 15 is 0 Å². The Labute approximate surface area is 266 Å². The Balaban J connectivity index is 2.04. The van der Waals surface area contributed by atoms with Crippen molar-refractivity contribution in [1.29, 1.82) is 0 Å². The fourth-order valence-electron chi connectivity index (χ4n) is 4.01. The van der Waals surface area contributed by atoms with E-state index in [1.165, 1.54) is 17.0 Å². The number of sulfonamides is 1. The van der Waals surface area contributed by atoms with Crippen LogP contribution in [0.1, 0.15) is 33.3 Å². The number of rotatable bonds is 13. The first-order valence-electron chi connectivity index (χ1n) is 13.4. The van der Waals surface area contributed by atoms with E-state index in [-0.39, 0.29) is 29.0 Å². The standard InChI is InChI=1S/C30H34BrCl2N3O5S/c1-5-41-26-12-10-25(11-13-26)36(42(39,40)27-14-7-23(31)8-15-27)19-29(37)35(21(4)30(38)34-17-20(2)3)18-22-6-9-24(32)16-28(22)33/h6-16,20-21H,5,17-19H2,1-4H3,(H,34,38).